The van der Waals surface area contributed by atoms with E-state index in [1.807, 2.05) is 25.1 Å². The molecule has 1 aromatic carbocycles. The average molecular weight is 441 g/mol. The van der Waals surface area contributed by atoms with Crippen molar-refractivity contribution in [2.45, 2.75) is 32.3 Å². The lowest BCUT2D eigenvalue weighted by Gasteiger charge is -2.13. The van der Waals surface area contributed by atoms with Crippen molar-refractivity contribution in [3.63, 3.8) is 0 Å². The van der Waals surface area contributed by atoms with E-state index < -0.39 is 0 Å². The SMILES string of the molecule is Cc1nccnc1-c1ccc(Oc2nccc3occc23)cc1OCc1nc(C2CC2)no1. The number of furan rings is 1. The average Bonchev–Trinajstić information content (AvgIpc) is 3.37. The fourth-order valence-electron chi connectivity index (χ4n) is 3.59. The van der Waals surface area contributed by atoms with Gasteiger partial charge in [-0.05, 0) is 44.0 Å². The summed E-state index contributed by atoms with van der Waals surface area (Å²) in [6, 6.07) is 9.13. The monoisotopic (exact) mass is 441 g/mol. The summed E-state index contributed by atoms with van der Waals surface area (Å²) >= 11 is 0. The Hall–Kier alpha value is -4.27. The molecule has 0 bridgehead atoms. The van der Waals surface area contributed by atoms with Gasteiger partial charge in [0.2, 0.25) is 5.88 Å². The van der Waals surface area contributed by atoms with Crippen LogP contribution in [0.1, 0.15) is 36.2 Å². The Labute approximate surface area is 188 Å². The van der Waals surface area contributed by atoms with Crippen molar-refractivity contribution in [3.8, 4) is 28.6 Å². The van der Waals surface area contributed by atoms with Crippen LogP contribution >= 0.6 is 0 Å². The Morgan fingerprint density at radius 3 is 2.82 bits per heavy atom. The number of pyridine rings is 1. The van der Waals surface area contributed by atoms with Crippen molar-refractivity contribution >= 4 is 11.0 Å². The van der Waals surface area contributed by atoms with Gasteiger partial charge in [0, 0.05) is 36.1 Å². The number of hydrogen-bond donors (Lipinski definition) is 0. The summed E-state index contributed by atoms with van der Waals surface area (Å²) in [6.07, 6.45) is 8.77. The summed E-state index contributed by atoms with van der Waals surface area (Å²) in [5, 5.41) is 4.84. The van der Waals surface area contributed by atoms with E-state index in [1.165, 1.54) is 0 Å². The molecule has 0 aliphatic heterocycles. The van der Waals surface area contributed by atoms with Crippen molar-refractivity contribution in [2.24, 2.45) is 0 Å². The minimum Gasteiger partial charge on any atom is -0.483 e. The first kappa shape index (κ1) is 19.4. The molecule has 0 atom stereocenters. The molecule has 6 rings (SSSR count). The number of nitrogens with zero attached hydrogens (tertiary/aromatic N) is 5. The van der Waals surface area contributed by atoms with Crippen LogP contribution in [0.3, 0.4) is 0 Å². The molecule has 33 heavy (non-hydrogen) atoms. The molecular formula is C24H19N5O4. The molecule has 9 heteroatoms. The Morgan fingerprint density at radius 2 is 1.94 bits per heavy atom. The predicted molar refractivity (Wildman–Crippen MR) is 117 cm³/mol. The second-order valence-electron chi connectivity index (χ2n) is 7.81. The molecule has 1 saturated carbocycles. The van der Waals surface area contributed by atoms with Gasteiger partial charge in [-0.15, -0.1) is 0 Å². The van der Waals surface area contributed by atoms with Gasteiger partial charge in [-0.25, -0.2) is 4.98 Å². The molecule has 9 nitrogen and oxygen atoms in total. The Bertz CT molecular complexity index is 1440. The van der Waals surface area contributed by atoms with Crippen molar-refractivity contribution in [1.82, 2.24) is 25.1 Å². The Balaban J connectivity index is 1.33. The largest absolute Gasteiger partial charge is 0.483 e. The number of rotatable bonds is 7. The molecule has 0 N–H and O–H groups in total. The molecule has 0 spiro atoms. The lowest BCUT2D eigenvalue weighted by atomic mass is 10.1. The van der Waals surface area contributed by atoms with Crippen molar-refractivity contribution in [3.05, 3.63) is 72.6 Å². The Kier molecular flexibility index (Phi) is 4.71. The van der Waals surface area contributed by atoms with Gasteiger partial charge in [-0.2, -0.15) is 4.98 Å². The second kappa shape index (κ2) is 8.01. The molecule has 164 valence electrons. The molecule has 1 aliphatic carbocycles. The molecule has 4 aromatic heterocycles. The van der Waals surface area contributed by atoms with Crippen LogP contribution < -0.4 is 9.47 Å². The van der Waals surface area contributed by atoms with E-state index in [9.17, 15) is 0 Å². The lowest BCUT2D eigenvalue weighted by Crippen LogP contribution is -2.00. The van der Waals surface area contributed by atoms with Gasteiger partial charge in [0.1, 0.15) is 17.1 Å². The standard InChI is InChI=1S/C24H19N5O4/c1-14-22(26-10-9-25-14)17-5-4-16(32-24-18-7-11-30-19(18)6-8-27-24)12-20(17)31-13-21-28-23(29-33-21)15-2-3-15/h4-12,15H,2-3,13H2,1H3. The number of aryl methyl sites for hydroxylation is 1. The molecule has 0 unspecified atom stereocenters. The number of ether oxygens (including phenoxy) is 2. The summed E-state index contributed by atoms with van der Waals surface area (Å²) in [5.74, 6) is 3.14. The maximum atomic E-state index is 6.11. The summed E-state index contributed by atoms with van der Waals surface area (Å²) in [7, 11) is 0. The van der Waals surface area contributed by atoms with Gasteiger partial charge >= 0.3 is 0 Å². The second-order valence-corrected chi connectivity index (χ2v) is 7.81. The maximum Gasteiger partial charge on any atom is 0.264 e. The van der Waals surface area contributed by atoms with Gasteiger partial charge in [0.05, 0.1) is 23.0 Å². The minimum atomic E-state index is 0.130. The Morgan fingerprint density at radius 1 is 1.03 bits per heavy atom. The molecule has 1 aliphatic rings. The summed E-state index contributed by atoms with van der Waals surface area (Å²) in [6.45, 7) is 2.03. The van der Waals surface area contributed by atoms with Crippen molar-refractivity contribution in [1.29, 1.82) is 0 Å². The van der Waals surface area contributed by atoms with Gasteiger partial charge in [-0.1, -0.05) is 5.16 Å². The normalized spacial score (nSPS) is 13.4. The smallest absolute Gasteiger partial charge is 0.264 e. The van der Waals surface area contributed by atoms with E-state index in [2.05, 4.69) is 25.1 Å². The lowest BCUT2D eigenvalue weighted by molar-refractivity contribution is 0.242. The van der Waals surface area contributed by atoms with Gasteiger partial charge in [0.25, 0.3) is 5.89 Å². The van der Waals surface area contributed by atoms with Crippen LogP contribution in [0.15, 0.2) is 64.1 Å². The maximum absolute atomic E-state index is 6.11. The van der Waals surface area contributed by atoms with E-state index in [0.29, 0.717) is 34.8 Å². The van der Waals surface area contributed by atoms with Crippen LogP contribution in [0.4, 0.5) is 0 Å². The molecule has 5 aromatic rings. The minimum absolute atomic E-state index is 0.130. The van der Waals surface area contributed by atoms with Crippen molar-refractivity contribution < 1.29 is 18.4 Å². The molecule has 0 amide bonds. The van der Waals surface area contributed by atoms with E-state index in [-0.39, 0.29) is 6.61 Å². The van der Waals surface area contributed by atoms with E-state index >= 15 is 0 Å². The summed E-state index contributed by atoms with van der Waals surface area (Å²) in [4.78, 5) is 17.6. The van der Waals surface area contributed by atoms with E-state index in [1.54, 1.807) is 37.0 Å². The van der Waals surface area contributed by atoms with Crippen LogP contribution in [-0.2, 0) is 6.61 Å². The number of fused-ring (bicyclic) bond motifs is 1. The van der Waals surface area contributed by atoms with Gasteiger partial charge in [-0.3, -0.25) is 9.97 Å². The fourth-order valence-corrected chi connectivity index (χ4v) is 3.59. The van der Waals surface area contributed by atoms with Crippen LogP contribution in [-0.4, -0.2) is 25.1 Å². The molecule has 4 heterocycles. The van der Waals surface area contributed by atoms with Gasteiger partial charge in [0.15, 0.2) is 12.4 Å². The molecular weight excluding hydrogens is 422 g/mol. The first-order valence-corrected chi connectivity index (χ1v) is 10.6. The highest BCUT2D eigenvalue weighted by molar-refractivity contribution is 5.82. The molecule has 0 saturated heterocycles. The zero-order valence-corrected chi connectivity index (χ0v) is 17.8. The molecule has 1 fully saturated rings. The molecule has 0 radical (unpaired) electrons. The van der Waals surface area contributed by atoms with Crippen molar-refractivity contribution in [2.75, 3.05) is 0 Å². The number of hydrogen-bond acceptors (Lipinski definition) is 9. The van der Waals surface area contributed by atoms with E-state index in [4.69, 9.17) is 18.4 Å². The third-order valence-electron chi connectivity index (χ3n) is 5.42. The van der Waals surface area contributed by atoms with Gasteiger partial charge < -0.3 is 18.4 Å². The van der Waals surface area contributed by atoms with Crippen LogP contribution in [0.5, 0.6) is 17.4 Å². The third-order valence-corrected chi connectivity index (χ3v) is 5.42. The third kappa shape index (κ3) is 3.89. The predicted octanol–water partition coefficient (Wildman–Crippen LogP) is 5.22. The van der Waals surface area contributed by atoms with Crippen LogP contribution in [0.2, 0.25) is 0 Å². The zero-order valence-electron chi connectivity index (χ0n) is 17.8. The zero-order chi connectivity index (χ0) is 22.2. The van der Waals surface area contributed by atoms with Crippen LogP contribution in [0.25, 0.3) is 22.2 Å². The summed E-state index contributed by atoms with van der Waals surface area (Å²) in [5.41, 5.74) is 2.99. The summed E-state index contributed by atoms with van der Waals surface area (Å²) < 4.78 is 23.0. The highest BCUT2D eigenvalue weighted by Crippen LogP contribution is 2.39. The van der Waals surface area contributed by atoms with E-state index in [0.717, 1.165) is 41.0 Å². The topological polar surface area (TPSA) is 109 Å². The first-order chi connectivity index (χ1) is 16.2. The highest BCUT2D eigenvalue weighted by atomic mass is 16.5. The number of aromatic nitrogens is 5. The number of benzene rings is 1. The van der Waals surface area contributed by atoms with Crippen LogP contribution in [0, 0.1) is 6.92 Å². The highest BCUT2D eigenvalue weighted by Gasteiger charge is 2.29. The first-order valence-electron chi connectivity index (χ1n) is 10.6. The quantitative estimate of drug-likeness (QED) is 0.335. The fraction of sp³-hybridized carbons (Fsp3) is 0.208.